The maximum atomic E-state index is 4.06. The monoisotopic (exact) mass is 226 g/mol. The molecule has 4 nitrogen and oxygen atoms in total. The van der Waals surface area contributed by atoms with Gasteiger partial charge in [-0.2, -0.15) is 11.8 Å². The summed E-state index contributed by atoms with van der Waals surface area (Å²) in [5, 5.41) is 12.4. The van der Waals surface area contributed by atoms with Gasteiger partial charge < -0.3 is 5.32 Å². The minimum absolute atomic E-state index is 0.671. The van der Waals surface area contributed by atoms with Crippen LogP contribution in [-0.2, 0) is 13.6 Å². The first-order valence-corrected chi connectivity index (χ1v) is 6.68. The van der Waals surface area contributed by atoms with Crippen LogP contribution in [0, 0.1) is 0 Å². The molecule has 0 saturated heterocycles. The minimum Gasteiger partial charge on any atom is -0.308 e. The van der Waals surface area contributed by atoms with Gasteiger partial charge in [-0.3, -0.25) is 4.68 Å². The Morgan fingerprint density at radius 3 is 3.07 bits per heavy atom. The zero-order chi connectivity index (χ0) is 10.7. The second-order valence-corrected chi connectivity index (χ2v) is 5.27. The van der Waals surface area contributed by atoms with Gasteiger partial charge in [0, 0.05) is 31.1 Å². The van der Waals surface area contributed by atoms with Gasteiger partial charge in [-0.1, -0.05) is 5.21 Å². The Bertz CT molecular complexity index is 312. The Labute approximate surface area is 94.8 Å². The summed E-state index contributed by atoms with van der Waals surface area (Å²) in [4.78, 5) is 0. The van der Waals surface area contributed by atoms with Crippen LogP contribution in [-0.4, -0.2) is 32.5 Å². The molecule has 0 bridgehead atoms. The van der Waals surface area contributed by atoms with Crippen LogP contribution >= 0.6 is 11.8 Å². The van der Waals surface area contributed by atoms with Crippen molar-refractivity contribution in [2.24, 2.45) is 7.05 Å². The molecule has 5 heteroatoms. The van der Waals surface area contributed by atoms with E-state index in [1.165, 1.54) is 19.3 Å². The fraction of sp³-hybridized carbons (Fsp3) is 0.800. The Morgan fingerprint density at radius 2 is 2.47 bits per heavy atom. The van der Waals surface area contributed by atoms with Gasteiger partial charge in [-0.15, -0.1) is 5.10 Å². The van der Waals surface area contributed by atoms with Crippen LogP contribution in [0.3, 0.4) is 0 Å². The van der Waals surface area contributed by atoms with Crippen molar-refractivity contribution in [1.82, 2.24) is 20.3 Å². The molecule has 0 aliphatic heterocycles. The van der Waals surface area contributed by atoms with E-state index in [1.807, 2.05) is 25.0 Å². The molecule has 1 aromatic heterocycles. The number of hydrogen-bond donors (Lipinski definition) is 1. The number of rotatable bonds is 4. The van der Waals surface area contributed by atoms with Crippen LogP contribution < -0.4 is 5.32 Å². The van der Waals surface area contributed by atoms with Gasteiger partial charge in [0.15, 0.2) is 0 Å². The molecule has 0 amide bonds. The van der Waals surface area contributed by atoms with Gasteiger partial charge in [0.25, 0.3) is 0 Å². The highest BCUT2D eigenvalue weighted by atomic mass is 32.2. The minimum atomic E-state index is 0.671. The van der Waals surface area contributed by atoms with E-state index in [0.717, 1.165) is 17.5 Å². The highest BCUT2D eigenvalue weighted by Gasteiger charge is 2.23. The Hall–Kier alpha value is -0.550. The van der Waals surface area contributed by atoms with Crippen molar-refractivity contribution in [2.75, 3.05) is 6.26 Å². The number of nitrogens with zero attached hydrogens (tertiary/aromatic N) is 3. The lowest BCUT2D eigenvalue weighted by atomic mass is 10.2. The fourth-order valence-electron chi connectivity index (χ4n) is 2.06. The predicted molar refractivity (Wildman–Crippen MR) is 62.8 cm³/mol. The average molecular weight is 226 g/mol. The van der Waals surface area contributed by atoms with Crippen molar-refractivity contribution in [3.8, 4) is 0 Å². The molecule has 15 heavy (non-hydrogen) atoms. The maximum Gasteiger partial charge on any atom is 0.0964 e. The second-order valence-electron chi connectivity index (χ2n) is 4.13. The van der Waals surface area contributed by atoms with E-state index in [2.05, 4.69) is 21.9 Å². The molecular weight excluding hydrogens is 208 g/mol. The summed E-state index contributed by atoms with van der Waals surface area (Å²) in [6.45, 7) is 0.847. The van der Waals surface area contributed by atoms with Crippen LogP contribution in [0.2, 0.25) is 0 Å². The lowest BCUT2D eigenvalue weighted by Crippen LogP contribution is -2.26. The third-order valence-corrected chi connectivity index (χ3v) is 4.03. The molecule has 1 aliphatic carbocycles. The molecule has 1 saturated carbocycles. The highest BCUT2D eigenvalue weighted by Crippen LogP contribution is 2.28. The molecule has 84 valence electrons. The van der Waals surface area contributed by atoms with Crippen LogP contribution in [0.4, 0.5) is 0 Å². The smallest absolute Gasteiger partial charge is 0.0964 e. The Balaban J connectivity index is 1.75. The third kappa shape index (κ3) is 2.95. The number of aryl methyl sites for hydroxylation is 1. The number of hydrogen-bond acceptors (Lipinski definition) is 4. The standard InChI is InChI=1S/C10H18N4S/c1-14-7-9(12-13-14)6-11-8-3-4-10(5-8)15-2/h7-8,10-11H,3-6H2,1-2H3. The normalized spacial score (nSPS) is 26.0. The number of thioether (sulfide) groups is 1. The Morgan fingerprint density at radius 1 is 1.60 bits per heavy atom. The molecule has 2 unspecified atom stereocenters. The Kier molecular flexibility index (Phi) is 3.64. The number of aromatic nitrogens is 3. The van der Waals surface area contributed by atoms with Crippen LogP contribution in [0.15, 0.2) is 6.20 Å². The zero-order valence-corrected chi connectivity index (χ0v) is 10.1. The van der Waals surface area contributed by atoms with E-state index in [1.54, 1.807) is 4.68 Å². The van der Waals surface area contributed by atoms with Gasteiger partial charge in [-0.25, -0.2) is 0 Å². The first-order valence-electron chi connectivity index (χ1n) is 5.39. The van der Waals surface area contributed by atoms with Gasteiger partial charge >= 0.3 is 0 Å². The lowest BCUT2D eigenvalue weighted by Gasteiger charge is -2.10. The summed E-state index contributed by atoms with van der Waals surface area (Å²) >= 11 is 1.99. The van der Waals surface area contributed by atoms with Crippen molar-refractivity contribution in [2.45, 2.75) is 37.1 Å². The molecule has 0 aromatic carbocycles. The first kappa shape index (κ1) is 11.0. The van der Waals surface area contributed by atoms with Crippen LogP contribution in [0.25, 0.3) is 0 Å². The van der Waals surface area contributed by atoms with Crippen molar-refractivity contribution in [3.63, 3.8) is 0 Å². The molecule has 1 heterocycles. The largest absolute Gasteiger partial charge is 0.308 e. The summed E-state index contributed by atoms with van der Waals surface area (Å²) in [6, 6.07) is 0.671. The quantitative estimate of drug-likeness (QED) is 0.837. The topological polar surface area (TPSA) is 42.7 Å². The van der Waals surface area contributed by atoms with Crippen molar-refractivity contribution < 1.29 is 0 Å². The highest BCUT2D eigenvalue weighted by molar-refractivity contribution is 7.99. The third-order valence-electron chi connectivity index (χ3n) is 2.94. The molecule has 1 aliphatic rings. The van der Waals surface area contributed by atoms with Crippen molar-refractivity contribution in [1.29, 1.82) is 0 Å². The molecule has 1 aromatic rings. The van der Waals surface area contributed by atoms with Crippen LogP contribution in [0.1, 0.15) is 25.0 Å². The van der Waals surface area contributed by atoms with Crippen molar-refractivity contribution in [3.05, 3.63) is 11.9 Å². The van der Waals surface area contributed by atoms with Crippen LogP contribution in [0.5, 0.6) is 0 Å². The summed E-state index contributed by atoms with van der Waals surface area (Å²) in [6.07, 6.45) is 8.11. The summed E-state index contributed by atoms with van der Waals surface area (Å²) in [5.41, 5.74) is 1.03. The van der Waals surface area contributed by atoms with E-state index < -0.39 is 0 Å². The molecular formula is C10H18N4S. The second kappa shape index (κ2) is 4.99. The molecule has 1 fully saturated rings. The van der Waals surface area contributed by atoms with Gasteiger partial charge in [0.2, 0.25) is 0 Å². The molecule has 0 spiro atoms. The van der Waals surface area contributed by atoms with E-state index in [4.69, 9.17) is 0 Å². The number of nitrogens with one attached hydrogen (secondary N) is 1. The summed E-state index contributed by atoms with van der Waals surface area (Å²) < 4.78 is 1.75. The van der Waals surface area contributed by atoms with E-state index in [-0.39, 0.29) is 0 Å². The van der Waals surface area contributed by atoms with E-state index in [0.29, 0.717) is 6.04 Å². The first-order chi connectivity index (χ1) is 7.28. The predicted octanol–water partition coefficient (Wildman–Crippen LogP) is 1.19. The van der Waals surface area contributed by atoms with Crippen molar-refractivity contribution >= 4 is 11.8 Å². The SMILES string of the molecule is CSC1CCC(NCc2cn(C)nn2)C1. The summed E-state index contributed by atoms with van der Waals surface area (Å²) in [5.74, 6) is 0. The lowest BCUT2D eigenvalue weighted by molar-refractivity contribution is 0.520. The summed E-state index contributed by atoms with van der Waals surface area (Å²) in [7, 11) is 1.90. The van der Waals surface area contributed by atoms with Gasteiger partial charge in [0.1, 0.15) is 0 Å². The van der Waals surface area contributed by atoms with E-state index in [9.17, 15) is 0 Å². The van der Waals surface area contributed by atoms with Gasteiger partial charge in [0.05, 0.1) is 5.69 Å². The molecule has 1 N–H and O–H groups in total. The van der Waals surface area contributed by atoms with Gasteiger partial charge in [-0.05, 0) is 25.5 Å². The molecule has 0 radical (unpaired) electrons. The fourth-order valence-corrected chi connectivity index (χ4v) is 2.86. The average Bonchev–Trinajstić information content (AvgIpc) is 2.83. The van der Waals surface area contributed by atoms with E-state index >= 15 is 0 Å². The maximum absolute atomic E-state index is 4.06. The zero-order valence-electron chi connectivity index (χ0n) is 9.31. The molecule has 2 rings (SSSR count). The molecule has 2 atom stereocenters.